The molecule has 0 aromatic heterocycles. The minimum Gasteiger partial charge on any atom is -0.437 e. The number of alkyl halides is 3. The van der Waals surface area contributed by atoms with Crippen LogP contribution >= 0.6 is 11.6 Å². The summed E-state index contributed by atoms with van der Waals surface area (Å²) in [6.45, 7) is 8.08. The lowest BCUT2D eigenvalue weighted by atomic mass is 9.72. The molecule has 1 atom stereocenters. The molecule has 2 spiro atoms. The van der Waals surface area contributed by atoms with Crippen molar-refractivity contribution < 1.29 is 27.4 Å². The van der Waals surface area contributed by atoms with E-state index >= 15 is 0 Å². The fraction of sp³-hybridized carbons (Fsp3) is 0.731. The fourth-order valence-corrected chi connectivity index (χ4v) is 6.59. The number of piperidine rings is 1. The minimum absolute atomic E-state index is 0.105. The minimum atomic E-state index is -4.54. The van der Waals surface area contributed by atoms with Gasteiger partial charge in [0.2, 0.25) is 0 Å². The van der Waals surface area contributed by atoms with Gasteiger partial charge in [0.15, 0.2) is 6.10 Å². The number of nitrogens with zero attached hydrogens (tertiary/aromatic N) is 3. The molecule has 1 amide bonds. The Morgan fingerprint density at radius 2 is 1.72 bits per heavy atom. The number of likely N-dealkylation sites (tertiary alicyclic amines) is 2. The van der Waals surface area contributed by atoms with Crippen molar-refractivity contribution in [3.63, 3.8) is 0 Å². The molecule has 0 N–H and O–H groups in total. The van der Waals surface area contributed by atoms with Crippen LogP contribution in [0, 0.1) is 10.8 Å². The van der Waals surface area contributed by atoms with Gasteiger partial charge < -0.3 is 19.3 Å². The first-order chi connectivity index (χ1) is 17.1. The third-order valence-electron chi connectivity index (χ3n) is 8.75. The number of hydrogen-bond acceptors (Lipinski definition) is 5. The van der Waals surface area contributed by atoms with E-state index in [1.165, 1.54) is 22.6 Å². The van der Waals surface area contributed by atoms with Gasteiger partial charge in [0.1, 0.15) is 0 Å². The Morgan fingerprint density at radius 3 is 2.39 bits per heavy atom. The Bertz CT molecular complexity index is 953. The van der Waals surface area contributed by atoms with Gasteiger partial charge in [0, 0.05) is 75.3 Å². The molecule has 4 aliphatic heterocycles. The predicted molar refractivity (Wildman–Crippen MR) is 131 cm³/mol. The number of anilines is 1. The summed E-state index contributed by atoms with van der Waals surface area (Å²) in [6.07, 6.45) is -2.55. The Labute approximate surface area is 215 Å². The van der Waals surface area contributed by atoms with Crippen molar-refractivity contribution in [3.8, 4) is 0 Å². The molecule has 5 rings (SSSR count). The lowest BCUT2D eigenvalue weighted by Gasteiger charge is -2.54. The zero-order valence-corrected chi connectivity index (χ0v) is 21.5. The molecule has 4 fully saturated rings. The first-order valence-electron chi connectivity index (χ1n) is 12.9. The summed E-state index contributed by atoms with van der Waals surface area (Å²) < 4.78 is 48.4. The van der Waals surface area contributed by atoms with Gasteiger partial charge in [0.05, 0.1) is 0 Å². The van der Waals surface area contributed by atoms with Crippen LogP contribution in [0.5, 0.6) is 0 Å². The van der Waals surface area contributed by atoms with E-state index < -0.39 is 18.4 Å². The van der Waals surface area contributed by atoms with Crippen molar-refractivity contribution >= 4 is 23.4 Å². The molecule has 4 saturated heterocycles. The predicted octanol–water partition coefficient (Wildman–Crippen LogP) is 5.33. The summed E-state index contributed by atoms with van der Waals surface area (Å²) >= 11 is 6.70. The van der Waals surface area contributed by atoms with Gasteiger partial charge in [-0.3, -0.25) is 4.90 Å². The quantitative estimate of drug-likeness (QED) is 0.527. The molecule has 1 aromatic carbocycles. The lowest BCUT2D eigenvalue weighted by Crippen LogP contribution is -2.60. The highest BCUT2D eigenvalue weighted by Gasteiger charge is 2.47. The third kappa shape index (κ3) is 5.29. The molecule has 0 saturated carbocycles. The normalized spacial score (nSPS) is 24.7. The van der Waals surface area contributed by atoms with Crippen LogP contribution in [-0.4, -0.2) is 80.7 Å². The molecule has 0 aliphatic carbocycles. The van der Waals surface area contributed by atoms with E-state index in [-0.39, 0.29) is 5.41 Å². The number of rotatable bonds is 4. The van der Waals surface area contributed by atoms with Crippen LogP contribution < -0.4 is 4.90 Å². The van der Waals surface area contributed by atoms with E-state index in [9.17, 15) is 18.0 Å². The van der Waals surface area contributed by atoms with Crippen molar-refractivity contribution in [1.29, 1.82) is 0 Å². The second kappa shape index (κ2) is 9.87. The summed E-state index contributed by atoms with van der Waals surface area (Å²) in [5, 5.41) is 0.790. The number of amides is 1. The largest absolute Gasteiger partial charge is 0.437 e. The molecule has 10 heteroatoms. The highest BCUT2D eigenvalue weighted by atomic mass is 35.5. The summed E-state index contributed by atoms with van der Waals surface area (Å²) in [5.74, 6) is 0. The van der Waals surface area contributed by atoms with Crippen molar-refractivity contribution in [1.82, 2.24) is 9.80 Å². The Hall–Kier alpha value is -1.71. The number of hydrogen-bond donors (Lipinski definition) is 0. The number of halogens is 4. The van der Waals surface area contributed by atoms with Crippen molar-refractivity contribution in [2.75, 3.05) is 57.4 Å². The van der Waals surface area contributed by atoms with Crippen LogP contribution in [0.3, 0.4) is 0 Å². The molecule has 4 aliphatic rings. The second-order valence-corrected chi connectivity index (χ2v) is 11.6. The summed E-state index contributed by atoms with van der Waals surface area (Å²) in [5.41, 5.74) is 2.85. The standard InChI is InChI=1S/C26H35ClF3N3O3/c1-19(26(28,29)30)36-23(34)32-10-6-25(7-11-32)16-31(17-25)15-20-21(27)3-2-4-22(20)33-12-5-24(18-33)8-13-35-14-9-24/h2-4,19H,5-18H2,1H3. The Kier molecular flexibility index (Phi) is 7.11. The van der Waals surface area contributed by atoms with Gasteiger partial charge in [0.25, 0.3) is 0 Å². The molecule has 1 unspecified atom stereocenters. The number of carbonyl (C=O) groups is 1. The maximum Gasteiger partial charge on any atom is 0.425 e. The second-order valence-electron chi connectivity index (χ2n) is 11.2. The van der Waals surface area contributed by atoms with Crippen LogP contribution in [-0.2, 0) is 16.0 Å². The zero-order valence-electron chi connectivity index (χ0n) is 20.8. The lowest BCUT2D eigenvalue weighted by molar-refractivity contribution is -0.200. The number of ether oxygens (including phenoxy) is 2. The molecule has 6 nitrogen and oxygen atoms in total. The van der Waals surface area contributed by atoms with Gasteiger partial charge in [-0.15, -0.1) is 0 Å². The number of benzene rings is 1. The summed E-state index contributed by atoms with van der Waals surface area (Å²) in [6, 6.07) is 6.17. The van der Waals surface area contributed by atoms with E-state index in [1.54, 1.807) is 0 Å². The first-order valence-corrected chi connectivity index (χ1v) is 13.3. The third-order valence-corrected chi connectivity index (χ3v) is 9.10. The van der Waals surface area contributed by atoms with E-state index in [4.69, 9.17) is 16.3 Å². The summed E-state index contributed by atoms with van der Waals surface area (Å²) in [7, 11) is 0. The Balaban J connectivity index is 1.15. The fourth-order valence-electron chi connectivity index (χ4n) is 6.36. The molecule has 0 bridgehead atoms. The highest BCUT2D eigenvalue weighted by molar-refractivity contribution is 6.31. The number of carbonyl (C=O) groups excluding carboxylic acids is 1. The van der Waals surface area contributed by atoms with E-state index in [0.29, 0.717) is 18.5 Å². The zero-order chi connectivity index (χ0) is 25.6. The average Bonchev–Trinajstić information content (AvgIpc) is 3.22. The van der Waals surface area contributed by atoms with Crippen LogP contribution in [0.2, 0.25) is 5.02 Å². The topological polar surface area (TPSA) is 45.2 Å². The maximum absolute atomic E-state index is 12.7. The molecule has 0 radical (unpaired) electrons. The van der Waals surface area contributed by atoms with E-state index in [2.05, 4.69) is 20.6 Å². The highest BCUT2D eigenvalue weighted by Crippen LogP contribution is 2.45. The van der Waals surface area contributed by atoms with Gasteiger partial charge in [-0.25, -0.2) is 4.79 Å². The monoisotopic (exact) mass is 529 g/mol. The van der Waals surface area contributed by atoms with E-state index in [1.807, 2.05) is 12.1 Å². The van der Waals surface area contributed by atoms with Crippen molar-refractivity contribution in [2.24, 2.45) is 10.8 Å². The molecular formula is C26H35ClF3N3O3. The van der Waals surface area contributed by atoms with Crippen LogP contribution in [0.25, 0.3) is 0 Å². The maximum atomic E-state index is 12.7. The van der Waals surface area contributed by atoms with Crippen LogP contribution in [0.4, 0.5) is 23.7 Å². The molecule has 1 aromatic rings. The van der Waals surface area contributed by atoms with Gasteiger partial charge in [-0.1, -0.05) is 17.7 Å². The van der Waals surface area contributed by atoms with Gasteiger partial charge in [-0.05, 0) is 62.0 Å². The van der Waals surface area contributed by atoms with Crippen LogP contribution in [0.1, 0.15) is 44.6 Å². The molecule has 36 heavy (non-hydrogen) atoms. The van der Waals surface area contributed by atoms with Crippen molar-refractivity contribution in [2.45, 2.75) is 57.9 Å². The van der Waals surface area contributed by atoms with Crippen LogP contribution in [0.15, 0.2) is 18.2 Å². The first kappa shape index (κ1) is 25.9. The molecule has 4 heterocycles. The molecule has 200 valence electrons. The van der Waals surface area contributed by atoms with Gasteiger partial charge in [-0.2, -0.15) is 13.2 Å². The van der Waals surface area contributed by atoms with Crippen molar-refractivity contribution in [3.05, 3.63) is 28.8 Å². The van der Waals surface area contributed by atoms with E-state index in [0.717, 1.165) is 83.6 Å². The Morgan fingerprint density at radius 1 is 1.06 bits per heavy atom. The molecular weight excluding hydrogens is 495 g/mol. The summed E-state index contributed by atoms with van der Waals surface area (Å²) in [4.78, 5) is 18.5. The smallest absolute Gasteiger partial charge is 0.425 e. The average molecular weight is 530 g/mol. The van der Waals surface area contributed by atoms with Gasteiger partial charge >= 0.3 is 12.3 Å². The SMILES string of the molecule is CC(OC(=O)N1CCC2(CC1)CN(Cc1c(Cl)cccc1N1CCC3(CCOCC3)C1)C2)C(F)(F)F.